The molecule has 0 amide bonds. The van der Waals surface area contributed by atoms with Crippen molar-refractivity contribution in [2.75, 3.05) is 0 Å². The average molecular weight is 322 g/mol. The van der Waals surface area contributed by atoms with Gasteiger partial charge in [0, 0.05) is 0 Å². The van der Waals surface area contributed by atoms with E-state index >= 15 is 0 Å². The Morgan fingerprint density at radius 1 is 0.471 bits per heavy atom. The van der Waals surface area contributed by atoms with Gasteiger partial charge in [-0.2, -0.15) is 0 Å². The van der Waals surface area contributed by atoms with Crippen molar-refractivity contribution in [2.45, 2.75) is 0 Å². The van der Waals surface area contributed by atoms with Crippen molar-refractivity contribution >= 4 is 23.5 Å². The summed E-state index contributed by atoms with van der Waals surface area (Å²) in [6, 6.07) is 0. The van der Waals surface area contributed by atoms with Crippen molar-refractivity contribution in [2.24, 2.45) is 0 Å². The third kappa shape index (κ3) is 649000. The highest BCUT2D eigenvalue weighted by atomic mass is 31.2. The van der Waals surface area contributed by atoms with Crippen molar-refractivity contribution in [1.82, 2.24) is 0 Å². The number of hydrogen-bond donors (Lipinski definition) is 9. The molecule has 0 rings (SSSR count). The molecule has 15 heteroatoms. The summed E-state index contributed by atoms with van der Waals surface area (Å²) in [5.74, 6) is 0. The van der Waals surface area contributed by atoms with E-state index in [4.69, 9.17) is 57.7 Å². The molecule has 0 aromatic rings. The highest BCUT2D eigenvalue weighted by Crippen LogP contribution is 2.26. The first-order chi connectivity index (χ1) is 7.00. The van der Waals surface area contributed by atoms with Gasteiger partial charge in [0.15, 0.2) is 0 Å². The molecule has 0 aliphatic rings. The Bertz CT molecular complexity index is 219. The lowest BCUT2D eigenvalue weighted by atomic mass is 11.3. The van der Waals surface area contributed by atoms with E-state index in [1.54, 1.807) is 0 Å². The molecule has 0 fully saturated rings. The van der Waals surface area contributed by atoms with E-state index in [9.17, 15) is 0 Å². The molecule has 9 N–H and O–H groups in total. The topological polar surface area (TPSA) is 233 Å². The van der Waals surface area contributed by atoms with E-state index in [1.165, 1.54) is 0 Å². The monoisotopic (exact) mass is 322 g/mol. The van der Waals surface area contributed by atoms with Gasteiger partial charge in [-0.05, 0) is 0 Å². The summed E-state index contributed by atoms with van der Waals surface area (Å²) in [5.41, 5.74) is 0. The Morgan fingerprint density at radius 2 is 0.471 bits per heavy atom. The zero-order valence-corrected chi connectivity index (χ0v) is 10.7. The van der Waals surface area contributed by atoms with Crippen LogP contribution in [0.4, 0.5) is 0 Å². The van der Waals surface area contributed by atoms with Gasteiger partial charge in [-0.25, -0.2) is 13.7 Å². The second kappa shape index (κ2) is 11.2. The van der Waals surface area contributed by atoms with Crippen LogP contribution in [0.25, 0.3) is 0 Å². The summed E-state index contributed by atoms with van der Waals surface area (Å²) >= 11 is 0. The molecule has 0 saturated heterocycles. The summed E-state index contributed by atoms with van der Waals surface area (Å²) < 4.78 is 26.6. The third-order valence-corrected chi connectivity index (χ3v) is 0. The molecule has 0 saturated carbocycles. The van der Waals surface area contributed by atoms with Crippen LogP contribution in [0.15, 0.2) is 13.2 Å². The fourth-order valence-electron chi connectivity index (χ4n) is 0. The fraction of sp³-hybridized carbons (Fsp3) is 0. The molecule has 108 valence electrons. The Morgan fingerprint density at radius 3 is 0.471 bits per heavy atom. The molecule has 0 unspecified atom stereocenters. The molecule has 0 bridgehead atoms. The van der Waals surface area contributed by atoms with Gasteiger partial charge in [-0.1, -0.05) is 0 Å². The maximum atomic E-state index is 8.88. The van der Waals surface area contributed by atoms with Crippen LogP contribution in [0.3, 0.4) is 0 Å². The first kappa shape index (κ1) is 25.8. The van der Waals surface area contributed by atoms with Gasteiger partial charge < -0.3 is 44.0 Å². The Labute approximate surface area is 95.2 Å². The molecule has 0 aliphatic carbocycles. The van der Waals surface area contributed by atoms with Gasteiger partial charge in [-0.3, -0.25) is 0 Å². The molecule has 0 spiro atoms. The highest BCUT2D eigenvalue weighted by molar-refractivity contribution is 7.45. The molecular weight excluding hydrogens is 309 g/mol. The summed E-state index contributed by atoms with van der Waals surface area (Å²) in [4.78, 5) is 64.7. The maximum absolute atomic E-state index is 8.88. The van der Waals surface area contributed by atoms with Gasteiger partial charge in [0.25, 0.3) is 0 Å². The zero-order chi connectivity index (χ0) is 15.5. The Hall–Kier alpha value is 0.0700. The number of phosphoric acid groups is 3. The van der Waals surface area contributed by atoms with Gasteiger partial charge in [0.2, 0.25) is 0 Å². The van der Waals surface area contributed by atoms with Crippen LogP contribution in [-0.2, 0) is 13.7 Å². The molecule has 17 heavy (non-hydrogen) atoms. The second-order valence-electron chi connectivity index (χ2n) is 1.54. The molecule has 0 heterocycles. The van der Waals surface area contributed by atoms with Crippen LogP contribution in [0.5, 0.6) is 0 Å². The quantitative estimate of drug-likeness (QED) is 0.174. The lowest BCUT2D eigenvalue weighted by Crippen LogP contribution is -1.66. The van der Waals surface area contributed by atoms with Crippen molar-refractivity contribution < 1.29 is 57.7 Å². The molecule has 0 atom stereocenters. The van der Waals surface area contributed by atoms with Gasteiger partial charge >= 0.3 is 23.5 Å². The minimum Gasteiger partial charge on any atom is -0.303 e. The van der Waals surface area contributed by atoms with Crippen LogP contribution in [-0.4, -0.2) is 44.0 Å². The van der Waals surface area contributed by atoms with Crippen LogP contribution in [0.2, 0.25) is 0 Å². The lowest BCUT2D eigenvalue weighted by molar-refractivity contribution is 0.272. The third-order valence-electron chi connectivity index (χ3n) is 0. The first-order valence-electron chi connectivity index (χ1n) is 2.85. The second-order valence-corrected chi connectivity index (χ2v) is 4.62. The first-order valence-corrected chi connectivity index (χ1v) is 7.54. The standard InChI is InChI=1S/C2H4.3H3O4P/c1-2;3*1-5(2,3)4/h1-2H2;3*(H3,1,2,3,4). The minimum absolute atomic E-state index is 3.00. The van der Waals surface area contributed by atoms with Crippen LogP contribution in [0, 0.1) is 0 Å². The SMILES string of the molecule is C=C.O=P(O)(O)O.O=P(O)(O)O.O=P(O)(O)O. The van der Waals surface area contributed by atoms with Crippen molar-refractivity contribution in [3.05, 3.63) is 13.2 Å². The van der Waals surface area contributed by atoms with Crippen LogP contribution in [0.1, 0.15) is 0 Å². The average Bonchev–Trinajstić information content (AvgIpc) is 1.77. The van der Waals surface area contributed by atoms with E-state index in [-0.39, 0.29) is 0 Å². The van der Waals surface area contributed by atoms with Crippen LogP contribution >= 0.6 is 23.5 Å². The molecule has 0 aliphatic heterocycles. The predicted molar refractivity (Wildman–Crippen MR) is 54.0 cm³/mol. The smallest absolute Gasteiger partial charge is 0.303 e. The van der Waals surface area contributed by atoms with E-state index in [0.717, 1.165) is 0 Å². The lowest BCUT2D eigenvalue weighted by Gasteiger charge is -1.82. The maximum Gasteiger partial charge on any atom is 0.466 e. The molecule has 0 radical (unpaired) electrons. The van der Waals surface area contributed by atoms with E-state index in [1.807, 2.05) is 0 Å². The normalized spacial score (nSPS) is 10.6. The summed E-state index contributed by atoms with van der Waals surface area (Å²) in [7, 11) is -13.9. The predicted octanol–water partition coefficient (Wildman–Crippen LogP) is -1.98. The minimum atomic E-state index is -4.64. The van der Waals surface area contributed by atoms with E-state index in [0.29, 0.717) is 0 Å². The van der Waals surface area contributed by atoms with Gasteiger partial charge in [0.05, 0.1) is 0 Å². The van der Waals surface area contributed by atoms with Crippen molar-refractivity contribution in [3.8, 4) is 0 Å². The van der Waals surface area contributed by atoms with Gasteiger partial charge in [0.1, 0.15) is 0 Å². The summed E-state index contributed by atoms with van der Waals surface area (Å²) in [6.45, 7) is 6.00. The molecule has 12 nitrogen and oxygen atoms in total. The van der Waals surface area contributed by atoms with Crippen molar-refractivity contribution in [1.29, 1.82) is 0 Å². The zero-order valence-electron chi connectivity index (χ0n) is 8.01. The molecule has 0 aromatic carbocycles. The molecular formula is C2H13O12P3. The van der Waals surface area contributed by atoms with Crippen LogP contribution < -0.4 is 0 Å². The highest BCUT2D eigenvalue weighted by Gasteiger charge is 2.01. The Kier molecular flexibility index (Phi) is 17.0. The van der Waals surface area contributed by atoms with Crippen molar-refractivity contribution in [3.63, 3.8) is 0 Å². The Balaban J connectivity index is -0.0000000693. The van der Waals surface area contributed by atoms with Gasteiger partial charge in [-0.15, -0.1) is 13.2 Å². The largest absolute Gasteiger partial charge is 0.466 e. The summed E-state index contributed by atoms with van der Waals surface area (Å²) in [6.07, 6.45) is 0. The van der Waals surface area contributed by atoms with E-state index < -0.39 is 23.5 Å². The van der Waals surface area contributed by atoms with E-state index in [2.05, 4.69) is 13.2 Å². The number of hydrogen-bond acceptors (Lipinski definition) is 3. The summed E-state index contributed by atoms with van der Waals surface area (Å²) in [5, 5.41) is 0. The molecule has 0 aromatic heterocycles. The fourth-order valence-corrected chi connectivity index (χ4v) is 0. The number of rotatable bonds is 0.